The number of aromatic nitrogens is 4. The molecular weight excluding hydrogens is 238 g/mol. The lowest BCUT2D eigenvalue weighted by molar-refractivity contribution is 0.726. The fourth-order valence-corrected chi connectivity index (χ4v) is 2.96. The van der Waals surface area contributed by atoms with E-state index in [0.29, 0.717) is 5.92 Å². The van der Waals surface area contributed by atoms with Crippen molar-refractivity contribution in [1.82, 2.24) is 19.6 Å². The van der Waals surface area contributed by atoms with E-state index in [1.807, 2.05) is 12.4 Å². The van der Waals surface area contributed by atoms with E-state index in [9.17, 15) is 0 Å². The van der Waals surface area contributed by atoms with E-state index in [2.05, 4.69) is 24.5 Å². The van der Waals surface area contributed by atoms with E-state index < -0.39 is 0 Å². The molecule has 3 heterocycles. The summed E-state index contributed by atoms with van der Waals surface area (Å²) >= 11 is 0. The summed E-state index contributed by atoms with van der Waals surface area (Å²) in [6.45, 7) is 2.19. The molecule has 0 amide bonds. The second kappa shape index (κ2) is 4.47. The number of rotatable bonds is 2. The smallest absolute Gasteiger partial charge is 0.203 e. The maximum Gasteiger partial charge on any atom is 0.203 e. The average molecular weight is 257 g/mol. The number of hydrogen-bond donors (Lipinski definition) is 0. The molecule has 100 valence electrons. The lowest BCUT2D eigenvalue weighted by Crippen LogP contribution is -2.25. The zero-order valence-corrected chi connectivity index (χ0v) is 11.1. The van der Waals surface area contributed by atoms with Crippen LogP contribution in [0.15, 0.2) is 12.4 Å². The highest BCUT2D eigenvalue weighted by molar-refractivity contribution is 5.64. The van der Waals surface area contributed by atoms with Crippen molar-refractivity contribution in [3.8, 4) is 0 Å². The molecule has 2 aromatic heterocycles. The number of fused-ring (bicyclic) bond motifs is 1. The van der Waals surface area contributed by atoms with Crippen LogP contribution in [-0.4, -0.2) is 32.7 Å². The molecule has 0 aromatic carbocycles. The second-order valence-electron chi connectivity index (χ2n) is 5.68. The largest absolute Gasteiger partial charge is 0.353 e. The lowest BCUT2D eigenvalue weighted by Gasteiger charge is -2.21. The highest BCUT2D eigenvalue weighted by atomic mass is 15.3. The third-order valence-electron chi connectivity index (χ3n) is 4.18. The fraction of sp³-hybridized carbons (Fsp3) is 0.643. The van der Waals surface area contributed by atoms with Crippen molar-refractivity contribution in [3.63, 3.8) is 0 Å². The molecule has 0 unspecified atom stereocenters. The highest BCUT2D eigenvalue weighted by Gasteiger charge is 2.29. The molecule has 0 spiro atoms. The van der Waals surface area contributed by atoms with Gasteiger partial charge in [-0.25, -0.2) is 4.98 Å². The zero-order chi connectivity index (χ0) is 12.7. The summed E-state index contributed by atoms with van der Waals surface area (Å²) in [6.07, 6.45) is 11.6. The monoisotopic (exact) mass is 257 g/mol. The van der Waals surface area contributed by atoms with Gasteiger partial charge in [0.05, 0.1) is 0 Å². The molecule has 2 aromatic rings. The van der Waals surface area contributed by atoms with Crippen LogP contribution in [0.3, 0.4) is 0 Å². The molecule has 0 bridgehead atoms. The summed E-state index contributed by atoms with van der Waals surface area (Å²) in [6, 6.07) is 0. The molecule has 2 aliphatic rings. The predicted molar refractivity (Wildman–Crippen MR) is 73.4 cm³/mol. The predicted octanol–water partition coefficient (Wildman–Crippen LogP) is 2.38. The summed E-state index contributed by atoms with van der Waals surface area (Å²) in [5, 5.41) is 8.78. The Hall–Kier alpha value is -1.65. The van der Waals surface area contributed by atoms with Crippen molar-refractivity contribution in [2.75, 3.05) is 18.0 Å². The summed E-state index contributed by atoms with van der Waals surface area (Å²) < 4.78 is 2.14. The highest BCUT2D eigenvalue weighted by Crippen LogP contribution is 2.39. The van der Waals surface area contributed by atoms with E-state index in [0.717, 1.165) is 30.4 Å². The van der Waals surface area contributed by atoms with Gasteiger partial charge in [-0.3, -0.25) is 4.40 Å². The first-order valence-corrected chi connectivity index (χ1v) is 7.38. The minimum atomic E-state index is 0.620. The van der Waals surface area contributed by atoms with Crippen LogP contribution in [0.25, 0.3) is 5.65 Å². The summed E-state index contributed by atoms with van der Waals surface area (Å²) in [4.78, 5) is 6.95. The SMILES string of the molecule is c1cn2c(C3CC3)nnc2c(N2CCCCCC2)n1. The molecule has 1 aliphatic heterocycles. The topological polar surface area (TPSA) is 46.3 Å². The Balaban J connectivity index is 1.76. The third-order valence-corrected chi connectivity index (χ3v) is 4.18. The Labute approximate surface area is 112 Å². The molecule has 0 radical (unpaired) electrons. The van der Waals surface area contributed by atoms with Gasteiger partial charge in [-0.1, -0.05) is 12.8 Å². The Kier molecular flexibility index (Phi) is 2.64. The van der Waals surface area contributed by atoms with Crippen molar-refractivity contribution in [1.29, 1.82) is 0 Å². The van der Waals surface area contributed by atoms with E-state index in [-0.39, 0.29) is 0 Å². The minimum Gasteiger partial charge on any atom is -0.353 e. The first-order valence-electron chi connectivity index (χ1n) is 7.38. The van der Waals surface area contributed by atoms with Gasteiger partial charge in [0.2, 0.25) is 5.65 Å². The van der Waals surface area contributed by atoms with Gasteiger partial charge in [0.25, 0.3) is 0 Å². The van der Waals surface area contributed by atoms with Gasteiger partial charge in [0.15, 0.2) is 5.82 Å². The number of anilines is 1. The Morgan fingerprint density at radius 3 is 2.53 bits per heavy atom. The summed E-state index contributed by atoms with van der Waals surface area (Å²) in [5.41, 5.74) is 0.936. The van der Waals surface area contributed by atoms with Crippen LogP contribution in [0.1, 0.15) is 50.3 Å². The molecule has 1 saturated heterocycles. The molecule has 2 fully saturated rings. The van der Waals surface area contributed by atoms with Gasteiger partial charge in [-0.2, -0.15) is 0 Å². The fourth-order valence-electron chi connectivity index (χ4n) is 2.96. The van der Waals surface area contributed by atoms with Gasteiger partial charge in [0.1, 0.15) is 5.82 Å². The van der Waals surface area contributed by atoms with Crippen molar-refractivity contribution in [2.24, 2.45) is 0 Å². The Bertz CT molecular complexity index is 579. The minimum absolute atomic E-state index is 0.620. The molecule has 0 N–H and O–H groups in total. The van der Waals surface area contributed by atoms with Crippen LogP contribution in [0.4, 0.5) is 5.82 Å². The van der Waals surface area contributed by atoms with Crippen LogP contribution >= 0.6 is 0 Å². The third kappa shape index (κ3) is 1.97. The lowest BCUT2D eigenvalue weighted by atomic mass is 10.2. The standard InChI is InChI=1S/C14H19N5/c1-2-4-9-18(8-3-1)13-14-17-16-12(11-5-6-11)19(14)10-7-15-13/h7,10-11H,1-6,8-9H2. The molecule has 1 saturated carbocycles. The first kappa shape index (κ1) is 11.2. The molecule has 5 heteroatoms. The van der Waals surface area contributed by atoms with Crippen LogP contribution in [0.2, 0.25) is 0 Å². The van der Waals surface area contributed by atoms with Gasteiger partial charge in [-0.15, -0.1) is 10.2 Å². The van der Waals surface area contributed by atoms with Gasteiger partial charge < -0.3 is 4.90 Å². The Morgan fingerprint density at radius 1 is 1.00 bits per heavy atom. The summed E-state index contributed by atoms with van der Waals surface area (Å²) in [5.74, 6) is 2.76. The van der Waals surface area contributed by atoms with E-state index in [1.165, 1.54) is 38.5 Å². The Morgan fingerprint density at radius 2 is 1.79 bits per heavy atom. The molecular formula is C14H19N5. The summed E-state index contributed by atoms with van der Waals surface area (Å²) in [7, 11) is 0. The zero-order valence-electron chi connectivity index (χ0n) is 11.1. The van der Waals surface area contributed by atoms with Crippen LogP contribution in [0, 0.1) is 0 Å². The van der Waals surface area contributed by atoms with Crippen LogP contribution < -0.4 is 4.90 Å². The van der Waals surface area contributed by atoms with Gasteiger partial charge in [-0.05, 0) is 25.7 Å². The van der Waals surface area contributed by atoms with Gasteiger partial charge >= 0.3 is 0 Å². The van der Waals surface area contributed by atoms with Crippen LogP contribution in [-0.2, 0) is 0 Å². The van der Waals surface area contributed by atoms with Crippen LogP contribution in [0.5, 0.6) is 0 Å². The molecule has 19 heavy (non-hydrogen) atoms. The maximum absolute atomic E-state index is 4.57. The van der Waals surface area contributed by atoms with E-state index >= 15 is 0 Å². The van der Waals surface area contributed by atoms with Crippen molar-refractivity contribution in [3.05, 3.63) is 18.2 Å². The van der Waals surface area contributed by atoms with Crippen molar-refractivity contribution in [2.45, 2.75) is 44.4 Å². The van der Waals surface area contributed by atoms with Crippen molar-refractivity contribution < 1.29 is 0 Å². The molecule has 0 atom stereocenters. The first-order chi connectivity index (χ1) is 9.43. The molecule has 1 aliphatic carbocycles. The molecule has 4 rings (SSSR count). The maximum atomic E-state index is 4.57. The number of nitrogens with zero attached hydrogens (tertiary/aromatic N) is 5. The van der Waals surface area contributed by atoms with Gasteiger partial charge in [0, 0.05) is 31.4 Å². The van der Waals surface area contributed by atoms with Crippen molar-refractivity contribution >= 4 is 11.5 Å². The van der Waals surface area contributed by atoms with E-state index in [4.69, 9.17) is 0 Å². The number of hydrogen-bond acceptors (Lipinski definition) is 4. The van der Waals surface area contributed by atoms with E-state index in [1.54, 1.807) is 0 Å². The molecule has 5 nitrogen and oxygen atoms in total. The average Bonchev–Trinajstić information content (AvgIpc) is 3.23. The quantitative estimate of drug-likeness (QED) is 0.828. The normalized spacial score (nSPS) is 20.7. The second-order valence-corrected chi connectivity index (χ2v) is 5.68.